The number of benzene rings is 2. The first-order valence-corrected chi connectivity index (χ1v) is 10.6. The normalized spacial score (nSPS) is 10.7. The predicted octanol–water partition coefficient (Wildman–Crippen LogP) is 4.66. The Kier molecular flexibility index (Phi) is 8.71. The molecule has 2 N–H and O–H groups in total. The number of aryl methyl sites for hydroxylation is 1. The SMILES string of the molecule is Cc1ccc(OCCCC(=O)Nc2ccc(CNC(=O)/C=C/c3cncc(F)c3)cc2)cc1. The highest BCUT2D eigenvalue weighted by Gasteiger charge is 2.04. The van der Waals surface area contributed by atoms with Crippen molar-refractivity contribution in [2.24, 2.45) is 0 Å². The number of nitrogens with one attached hydrogen (secondary N) is 2. The van der Waals surface area contributed by atoms with E-state index < -0.39 is 5.82 Å². The van der Waals surface area contributed by atoms with Gasteiger partial charge in [-0.3, -0.25) is 14.6 Å². The number of aromatic nitrogens is 1. The molecule has 3 aromatic rings. The summed E-state index contributed by atoms with van der Waals surface area (Å²) < 4.78 is 18.7. The van der Waals surface area contributed by atoms with E-state index in [4.69, 9.17) is 4.74 Å². The zero-order valence-electron chi connectivity index (χ0n) is 18.4. The fourth-order valence-electron chi connectivity index (χ4n) is 2.93. The second kappa shape index (κ2) is 12.1. The number of anilines is 1. The van der Waals surface area contributed by atoms with Crippen LogP contribution < -0.4 is 15.4 Å². The molecule has 0 saturated heterocycles. The molecule has 7 heteroatoms. The van der Waals surface area contributed by atoms with Crippen molar-refractivity contribution in [3.63, 3.8) is 0 Å². The summed E-state index contributed by atoms with van der Waals surface area (Å²) in [5.41, 5.74) is 3.25. The molecule has 0 saturated carbocycles. The molecule has 0 spiro atoms. The van der Waals surface area contributed by atoms with Gasteiger partial charge in [0.25, 0.3) is 0 Å². The smallest absolute Gasteiger partial charge is 0.244 e. The van der Waals surface area contributed by atoms with Crippen molar-refractivity contribution in [3.05, 3.63) is 95.6 Å². The van der Waals surface area contributed by atoms with Crippen molar-refractivity contribution in [2.45, 2.75) is 26.3 Å². The molecule has 1 aromatic heterocycles. The first-order valence-electron chi connectivity index (χ1n) is 10.6. The number of amides is 2. The lowest BCUT2D eigenvalue weighted by Crippen LogP contribution is -2.20. The average molecular weight is 448 g/mol. The first kappa shape index (κ1) is 23.7. The molecule has 170 valence electrons. The Morgan fingerprint density at radius 2 is 1.82 bits per heavy atom. The van der Waals surface area contributed by atoms with E-state index in [1.165, 1.54) is 30.0 Å². The quantitative estimate of drug-likeness (QED) is 0.350. The molecule has 0 aliphatic carbocycles. The molecule has 6 nitrogen and oxygen atoms in total. The van der Waals surface area contributed by atoms with Crippen LogP contribution in [0.3, 0.4) is 0 Å². The number of nitrogens with zero attached hydrogens (tertiary/aromatic N) is 1. The van der Waals surface area contributed by atoms with Crippen molar-refractivity contribution in [1.29, 1.82) is 0 Å². The molecule has 0 aliphatic rings. The molecule has 3 rings (SSSR count). The number of hydrogen-bond donors (Lipinski definition) is 2. The Morgan fingerprint density at radius 3 is 2.55 bits per heavy atom. The molecular weight excluding hydrogens is 421 g/mol. The Hall–Kier alpha value is -4.00. The third kappa shape index (κ3) is 8.57. The van der Waals surface area contributed by atoms with Crippen LogP contribution in [0.1, 0.15) is 29.5 Å². The van der Waals surface area contributed by atoms with Gasteiger partial charge in [0, 0.05) is 30.9 Å². The monoisotopic (exact) mass is 447 g/mol. The van der Waals surface area contributed by atoms with Crippen molar-refractivity contribution in [2.75, 3.05) is 11.9 Å². The number of hydrogen-bond acceptors (Lipinski definition) is 4. The van der Waals surface area contributed by atoms with Gasteiger partial charge >= 0.3 is 0 Å². The van der Waals surface area contributed by atoms with Crippen LogP contribution in [0.15, 0.2) is 73.1 Å². The van der Waals surface area contributed by atoms with Gasteiger partial charge in [0.15, 0.2) is 0 Å². The van der Waals surface area contributed by atoms with E-state index in [1.54, 1.807) is 12.1 Å². The van der Waals surface area contributed by atoms with E-state index in [0.29, 0.717) is 37.2 Å². The van der Waals surface area contributed by atoms with E-state index >= 15 is 0 Å². The molecular formula is C26H26FN3O3. The summed E-state index contributed by atoms with van der Waals surface area (Å²) in [6.07, 6.45) is 6.37. The fourth-order valence-corrected chi connectivity index (χ4v) is 2.93. The van der Waals surface area contributed by atoms with Gasteiger partial charge in [-0.2, -0.15) is 0 Å². The Balaban J connectivity index is 1.35. The van der Waals surface area contributed by atoms with E-state index in [2.05, 4.69) is 15.6 Å². The van der Waals surface area contributed by atoms with Crippen LogP contribution in [-0.4, -0.2) is 23.4 Å². The van der Waals surface area contributed by atoms with E-state index in [0.717, 1.165) is 17.5 Å². The van der Waals surface area contributed by atoms with Gasteiger partial charge in [-0.05, 0) is 60.9 Å². The molecule has 2 amide bonds. The summed E-state index contributed by atoms with van der Waals surface area (Å²) in [6.45, 7) is 2.82. The number of carbonyl (C=O) groups excluding carboxylic acids is 2. The molecule has 0 radical (unpaired) electrons. The standard InChI is InChI=1S/C26H26FN3O3/c1-19-4-11-24(12-5-19)33-14-2-3-26(32)30-23-9-6-20(7-10-23)17-29-25(31)13-8-21-15-22(27)18-28-16-21/h4-13,15-16,18H,2-3,14,17H2,1H3,(H,29,31)(H,30,32)/b13-8+. The summed E-state index contributed by atoms with van der Waals surface area (Å²) in [5, 5.41) is 5.61. The van der Waals surface area contributed by atoms with Gasteiger partial charge in [0.1, 0.15) is 11.6 Å². The molecule has 0 aliphatic heterocycles. The van der Waals surface area contributed by atoms with Crippen LogP contribution in [-0.2, 0) is 16.1 Å². The molecule has 33 heavy (non-hydrogen) atoms. The number of rotatable bonds is 10. The third-order valence-electron chi connectivity index (χ3n) is 4.70. The average Bonchev–Trinajstić information content (AvgIpc) is 2.81. The van der Waals surface area contributed by atoms with Crippen molar-refractivity contribution in [3.8, 4) is 5.75 Å². The lowest BCUT2D eigenvalue weighted by molar-refractivity contribution is -0.117. The lowest BCUT2D eigenvalue weighted by Gasteiger charge is -2.08. The van der Waals surface area contributed by atoms with Crippen LogP contribution in [0.25, 0.3) is 6.08 Å². The minimum atomic E-state index is -0.458. The molecule has 0 atom stereocenters. The first-order chi connectivity index (χ1) is 16.0. The summed E-state index contributed by atoms with van der Waals surface area (Å²) in [7, 11) is 0. The molecule has 0 fully saturated rings. The largest absolute Gasteiger partial charge is 0.494 e. The van der Waals surface area contributed by atoms with Gasteiger partial charge < -0.3 is 15.4 Å². The van der Waals surface area contributed by atoms with Crippen molar-refractivity contribution >= 4 is 23.6 Å². The lowest BCUT2D eigenvalue weighted by atomic mass is 10.2. The second-order valence-corrected chi connectivity index (χ2v) is 7.50. The summed E-state index contributed by atoms with van der Waals surface area (Å²) in [5.74, 6) is -0.0458. The van der Waals surface area contributed by atoms with Gasteiger partial charge in [-0.15, -0.1) is 0 Å². The van der Waals surface area contributed by atoms with Crippen molar-refractivity contribution in [1.82, 2.24) is 10.3 Å². The molecule has 2 aromatic carbocycles. The highest BCUT2D eigenvalue weighted by atomic mass is 19.1. The minimum absolute atomic E-state index is 0.0828. The topological polar surface area (TPSA) is 80.3 Å². The number of halogens is 1. The Bertz CT molecular complexity index is 1100. The molecule has 0 unspecified atom stereocenters. The number of ether oxygens (including phenoxy) is 1. The Morgan fingerprint density at radius 1 is 1.06 bits per heavy atom. The summed E-state index contributed by atoms with van der Waals surface area (Å²) in [6, 6.07) is 16.3. The Labute approximate surface area is 192 Å². The van der Waals surface area contributed by atoms with E-state index in [-0.39, 0.29) is 11.8 Å². The summed E-state index contributed by atoms with van der Waals surface area (Å²) in [4.78, 5) is 27.8. The highest BCUT2D eigenvalue weighted by molar-refractivity contribution is 5.92. The van der Waals surface area contributed by atoms with Crippen molar-refractivity contribution < 1.29 is 18.7 Å². The fraction of sp³-hybridized carbons (Fsp3) is 0.192. The highest BCUT2D eigenvalue weighted by Crippen LogP contribution is 2.13. The van der Waals surface area contributed by atoms with Gasteiger partial charge in [0.2, 0.25) is 11.8 Å². The van der Waals surface area contributed by atoms with Gasteiger partial charge in [-0.1, -0.05) is 29.8 Å². The number of pyridine rings is 1. The zero-order valence-corrected chi connectivity index (χ0v) is 18.4. The van der Waals surface area contributed by atoms with Crippen LogP contribution in [0.2, 0.25) is 0 Å². The third-order valence-corrected chi connectivity index (χ3v) is 4.70. The van der Waals surface area contributed by atoms with Gasteiger partial charge in [-0.25, -0.2) is 4.39 Å². The maximum atomic E-state index is 13.1. The zero-order chi connectivity index (χ0) is 23.5. The van der Waals surface area contributed by atoms with E-state index in [9.17, 15) is 14.0 Å². The predicted molar refractivity (Wildman–Crippen MR) is 126 cm³/mol. The van der Waals surface area contributed by atoms with Crippen LogP contribution >= 0.6 is 0 Å². The summed E-state index contributed by atoms with van der Waals surface area (Å²) >= 11 is 0. The van der Waals surface area contributed by atoms with Gasteiger partial charge in [0.05, 0.1) is 12.8 Å². The second-order valence-electron chi connectivity index (χ2n) is 7.50. The van der Waals surface area contributed by atoms with Crippen LogP contribution in [0.4, 0.5) is 10.1 Å². The van der Waals surface area contributed by atoms with E-state index in [1.807, 2.05) is 43.3 Å². The maximum Gasteiger partial charge on any atom is 0.244 e. The van der Waals surface area contributed by atoms with Crippen LogP contribution in [0.5, 0.6) is 5.75 Å². The molecule has 1 heterocycles. The van der Waals surface area contributed by atoms with Crippen LogP contribution in [0, 0.1) is 12.7 Å². The molecule has 0 bridgehead atoms. The minimum Gasteiger partial charge on any atom is -0.494 e. The number of carbonyl (C=O) groups is 2. The maximum absolute atomic E-state index is 13.1.